The zero-order valence-electron chi connectivity index (χ0n) is 14.2. The van der Waals surface area contributed by atoms with Crippen molar-refractivity contribution in [3.63, 3.8) is 0 Å². The highest BCUT2D eigenvalue weighted by Gasteiger charge is 2.40. The van der Waals surface area contributed by atoms with Crippen LogP contribution in [0.25, 0.3) is 5.69 Å². The summed E-state index contributed by atoms with van der Waals surface area (Å²) in [5.74, 6) is 0.141. The van der Waals surface area contributed by atoms with E-state index in [0.29, 0.717) is 31.2 Å². The van der Waals surface area contributed by atoms with Crippen LogP contribution in [0.4, 0.5) is 0 Å². The van der Waals surface area contributed by atoms with Gasteiger partial charge in [0, 0.05) is 43.0 Å². The Morgan fingerprint density at radius 2 is 1.92 bits per heavy atom. The van der Waals surface area contributed by atoms with E-state index in [9.17, 15) is 4.79 Å². The van der Waals surface area contributed by atoms with Crippen molar-refractivity contribution >= 4 is 5.91 Å². The lowest BCUT2D eigenvalue weighted by Gasteiger charge is -2.35. The van der Waals surface area contributed by atoms with Gasteiger partial charge in [0.1, 0.15) is 0 Å². The third-order valence-corrected chi connectivity index (χ3v) is 5.16. The SMILES string of the molecule is O=C(NCC1CCC2(CC1)OCCO2)c1ccc(-n2ccnc2)cc1. The van der Waals surface area contributed by atoms with Crippen LogP contribution in [-0.2, 0) is 9.47 Å². The van der Waals surface area contributed by atoms with Crippen LogP contribution in [0.1, 0.15) is 36.0 Å². The van der Waals surface area contributed by atoms with Gasteiger partial charge < -0.3 is 19.4 Å². The third kappa shape index (κ3) is 3.60. The normalized spacial score (nSPS) is 20.0. The number of rotatable bonds is 4. The summed E-state index contributed by atoms with van der Waals surface area (Å²) < 4.78 is 13.4. The Kier molecular flexibility index (Phi) is 4.55. The molecule has 1 aliphatic heterocycles. The van der Waals surface area contributed by atoms with Crippen LogP contribution in [0.3, 0.4) is 0 Å². The second-order valence-electron chi connectivity index (χ2n) is 6.78. The van der Waals surface area contributed by atoms with Crippen LogP contribution in [-0.4, -0.2) is 41.0 Å². The van der Waals surface area contributed by atoms with Crippen molar-refractivity contribution in [1.82, 2.24) is 14.9 Å². The molecular weight excluding hydrogens is 318 g/mol. The summed E-state index contributed by atoms with van der Waals surface area (Å²) in [7, 11) is 0. The molecule has 1 saturated carbocycles. The molecule has 1 aliphatic carbocycles. The van der Waals surface area contributed by atoms with E-state index in [1.165, 1.54) is 0 Å². The van der Waals surface area contributed by atoms with Gasteiger partial charge in [0.25, 0.3) is 5.91 Å². The van der Waals surface area contributed by atoms with E-state index in [4.69, 9.17) is 9.47 Å². The van der Waals surface area contributed by atoms with Crippen molar-refractivity contribution in [2.75, 3.05) is 19.8 Å². The van der Waals surface area contributed by atoms with Gasteiger partial charge in [-0.05, 0) is 43.0 Å². The van der Waals surface area contributed by atoms with Crippen molar-refractivity contribution in [2.24, 2.45) is 5.92 Å². The maximum Gasteiger partial charge on any atom is 0.251 e. The highest BCUT2D eigenvalue weighted by molar-refractivity contribution is 5.94. The molecule has 1 aromatic heterocycles. The summed E-state index contributed by atoms with van der Waals surface area (Å²) in [6.07, 6.45) is 9.25. The quantitative estimate of drug-likeness (QED) is 0.928. The third-order valence-electron chi connectivity index (χ3n) is 5.16. The Morgan fingerprint density at radius 3 is 2.56 bits per heavy atom. The van der Waals surface area contributed by atoms with Crippen LogP contribution in [0.5, 0.6) is 0 Å². The zero-order valence-corrected chi connectivity index (χ0v) is 14.2. The van der Waals surface area contributed by atoms with E-state index in [2.05, 4.69) is 10.3 Å². The van der Waals surface area contributed by atoms with E-state index in [1.54, 1.807) is 12.5 Å². The predicted molar refractivity (Wildman–Crippen MR) is 92.5 cm³/mol. The number of hydrogen-bond donors (Lipinski definition) is 1. The van der Waals surface area contributed by atoms with Crippen molar-refractivity contribution < 1.29 is 14.3 Å². The molecule has 2 aromatic rings. The maximum atomic E-state index is 12.4. The molecule has 0 unspecified atom stereocenters. The molecule has 2 heterocycles. The van der Waals surface area contributed by atoms with Gasteiger partial charge in [0.05, 0.1) is 19.5 Å². The summed E-state index contributed by atoms with van der Waals surface area (Å²) in [6.45, 7) is 2.12. The Labute approximate surface area is 147 Å². The predicted octanol–water partition coefficient (Wildman–Crippen LogP) is 2.54. The van der Waals surface area contributed by atoms with Crippen molar-refractivity contribution in [1.29, 1.82) is 0 Å². The van der Waals surface area contributed by atoms with E-state index < -0.39 is 0 Å². The van der Waals surface area contributed by atoms with Crippen LogP contribution < -0.4 is 5.32 Å². The van der Waals surface area contributed by atoms with E-state index in [0.717, 1.165) is 31.4 Å². The molecule has 6 nitrogen and oxygen atoms in total. The fraction of sp³-hybridized carbons (Fsp3) is 0.474. The van der Waals surface area contributed by atoms with Gasteiger partial charge in [-0.15, -0.1) is 0 Å². The fourth-order valence-corrected chi connectivity index (χ4v) is 3.64. The second-order valence-corrected chi connectivity index (χ2v) is 6.78. The average Bonchev–Trinajstić information content (AvgIpc) is 3.34. The molecule has 2 fully saturated rings. The summed E-state index contributed by atoms with van der Waals surface area (Å²) in [6, 6.07) is 7.55. The number of carbonyl (C=O) groups is 1. The lowest BCUT2D eigenvalue weighted by Crippen LogP contribution is -2.38. The van der Waals surface area contributed by atoms with Gasteiger partial charge in [0.2, 0.25) is 0 Å². The number of hydrogen-bond acceptors (Lipinski definition) is 4. The number of nitrogens with one attached hydrogen (secondary N) is 1. The summed E-state index contributed by atoms with van der Waals surface area (Å²) in [4.78, 5) is 16.4. The first-order valence-electron chi connectivity index (χ1n) is 8.89. The van der Waals surface area contributed by atoms with E-state index in [-0.39, 0.29) is 11.7 Å². The minimum Gasteiger partial charge on any atom is -0.352 e. The van der Waals surface area contributed by atoms with Gasteiger partial charge in [-0.25, -0.2) is 4.98 Å². The number of benzene rings is 1. The smallest absolute Gasteiger partial charge is 0.251 e. The molecule has 25 heavy (non-hydrogen) atoms. The van der Waals surface area contributed by atoms with Crippen LogP contribution in [0, 0.1) is 5.92 Å². The summed E-state index contributed by atoms with van der Waals surface area (Å²) >= 11 is 0. The fourth-order valence-electron chi connectivity index (χ4n) is 3.64. The Morgan fingerprint density at radius 1 is 1.20 bits per heavy atom. The number of carbonyl (C=O) groups excluding carboxylic acids is 1. The number of aromatic nitrogens is 2. The Bertz CT molecular complexity index is 696. The van der Waals surface area contributed by atoms with Gasteiger partial charge in [-0.2, -0.15) is 0 Å². The second kappa shape index (κ2) is 6.98. The van der Waals surface area contributed by atoms with Crippen LogP contribution in [0.2, 0.25) is 0 Å². The summed E-state index contributed by atoms with van der Waals surface area (Å²) in [5, 5.41) is 3.06. The molecule has 1 saturated heterocycles. The number of imidazole rings is 1. The molecule has 1 amide bonds. The Hall–Kier alpha value is -2.18. The first-order valence-corrected chi connectivity index (χ1v) is 8.89. The maximum absolute atomic E-state index is 12.4. The lowest BCUT2D eigenvalue weighted by molar-refractivity contribution is -0.182. The number of amides is 1. The van der Waals surface area contributed by atoms with Gasteiger partial charge in [-0.3, -0.25) is 4.79 Å². The van der Waals surface area contributed by atoms with Gasteiger partial charge >= 0.3 is 0 Å². The van der Waals surface area contributed by atoms with E-state index in [1.807, 2.05) is 35.0 Å². The lowest BCUT2D eigenvalue weighted by atomic mass is 9.85. The monoisotopic (exact) mass is 341 g/mol. The molecule has 6 heteroatoms. The standard InChI is InChI=1S/C19H23N3O3/c23-18(16-1-3-17(4-2-16)22-10-9-20-14-22)21-13-15-5-7-19(8-6-15)24-11-12-25-19/h1-4,9-10,14-15H,5-8,11-13H2,(H,21,23). The first kappa shape index (κ1) is 16.3. The molecule has 0 bridgehead atoms. The highest BCUT2D eigenvalue weighted by atomic mass is 16.7. The van der Waals surface area contributed by atoms with Crippen molar-refractivity contribution in [2.45, 2.75) is 31.5 Å². The molecule has 1 spiro atoms. The van der Waals surface area contributed by atoms with Crippen molar-refractivity contribution in [3.8, 4) is 5.69 Å². The molecular formula is C19H23N3O3. The van der Waals surface area contributed by atoms with Crippen LogP contribution >= 0.6 is 0 Å². The topological polar surface area (TPSA) is 65.4 Å². The largest absolute Gasteiger partial charge is 0.352 e. The summed E-state index contributed by atoms with van der Waals surface area (Å²) in [5.41, 5.74) is 1.67. The van der Waals surface area contributed by atoms with Gasteiger partial charge in [-0.1, -0.05) is 0 Å². The molecule has 1 aromatic carbocycles. The average molecular weight is 341 g/mol. The number of nitrogens with zero attached hydrogens (tertiary/aromatic N) is 2. The minimum atomic E-state index is -0.330. The molecule has 0 radical (unpaired) electrons. The molecule has 2 aliphatic rings. The van der Waals surface area contributed by atoms with E-state index >= 15 is 0 Å². The minimum absolute atomic E-state index is 0.0224. The molecule has 132 valence electrons. The first-order chi connectivity index (χ1) is 12.2. The highest BCUT2D eigenvalue weighted by Crippen LogP contribution is 2.37. The molecule has 4 rings (SSSR count). The molecule has 0 atom stereocenters. The van der Waals surface area contributed by atoms with Crippen LogP contribution in [0.15, 0.2) is 43.0 Å². The molecule has 1 N–H and O–H groups in total. The number of ether oxygens (including phenoxy) is 2. The zero-order chi connectivity index (χ0) is 17.1. The van der Waals surface area contributed by atoms with Gasteiger partial charge in [0.15, 0.2) is 5.79 Å². The Balaban J connectivity index is 1.28. The van der Waals surface area contributed by atoms with Crippen molar-refractivity contribution in [3.05, 3.63) is 48.5 Å².